The Hall–Kier alpha value is -0.610. The largest absolute Gasteiger partial charge is 0.355 e. The number of amides is 1. The Kier molecular flexibility index (Phi) is 6.54. The second-order valence-electron chi connectivity index (χ2n) is 3.72. The van der Waals surface area contributed by atoms with Gasteiger partial charge in [0.2, 0.25) is 5.91 Å². The summed E-state index contributed by atoms with van der Waals surface area (Å²) in [4.78, 5) is 13.2. The molecule has 0 aromatic heterocycles. The summed E-state index contributed by atoms with van der Waals surface area (Å²) < 4.78 is 0. The van der Waals surface area contributed by atoms with Crippen molar-refractivity contribution in [3.63, 3.8) is 0 Å². The number of nitrogens with zero attached hydrogens (tertiary/aromatic N) is 1. The highest BCUT2D eigenvalue weighted by molar-refractivity contribution is 5.77. The minimum Gasteiger partial charge on any atom is -0.355 e. The molecule has 0 rings (SSSR count). The summed E-state index contributed by atoms with van der Waals surface area (Å²) in [5.41, 5.74) is 5.35. The molecule has 4 nitrogen and oxygen atoms in total. The highest BCUT2D eigenvalue weighted by Crippen LogP contribution is 1.87. The maximum atomic E-state index is 11.2. The number of carbonyl (C=O) groups excluding carboxylic acids is 1. The van der Waals surface area contributed by atoms with Crippen LogP contribution in [0.15, 0.2) is 0 Å². The summed E-state index contributed by atoms with van der Waals surface area (Å²) in [6.45, 7) is 6.68. The predicted octanol–water partition coefficient (Wildman–Crippen LogP) is -0.351. The SMILES string of the molecule is CC(C)CNC(=O)CN(C)CCN. The van der Waals surface area contributed by atoms with Gasteiger partial charge in [0, 0.05) is 19.6 Å². The zero-order valence-electron chi connectivity index (χ0n) is 8.84. The number of nitrogens with two attached hydrogens (primary N) is 1. The second-order valence-corrected chi connectivity index (χ2v) is 3.72. The van der Waals surface area contributed by atoms with Crippen LogP contribution in [-0.4, -0.2) is 44.0 Å². The number of nitrogens with one attached hydrogen (secondary N) is 1. The van der Waals surface area contributed by atoms with E-state index in [2.05, 4.69) is 19.2 Å². The first-order chi connectivity index (χ1) is 6.06. The summed E-state index contributed by atoms with van der Waals surface area (Å²) in [7, 11) is 1.89. The van der Waals surface area contributed by atoms with Crippen LogP contribution in [0, 0.1) is 5.92 Å². The summed E-state index contributed by atoms with van der Waals surface area (Å²) in [6.07, 6.45) is 0. The van der Waals surface area contributed by atoms with E-state index in [0.29, 0.717) is 19.0 Å². The van der Waals surface area contributed by atoms with Crippen LogP contribution in [0.3, 0.4) is 0 Å². The van der Waals surface area contributed by atoms with E-state index in [9.17, 15) is 4.79 Å². The van der Waals surface area contributed by atoms with Gasteiger partial charge in [-0.25, -0.2) is 0 Å². The monoisotopic (exact) mass is 187 g/mol. The van der Waals surface area contributed by atoms with Crippen molar-refractivity contribution in [1.82, 2.24) is 10.2 Å². The summed E-state index contributed by atoms with van der Waals surface area (Å²) >= 11 is 0. The molecule has 0 saturated heterocycles. The van der Waals surface area contributed by atoms with E-state index in [1.807, 2.05) is 11.9 Å². The molecule has 0 radical (unpaired) electrons. The van der Waals surface area contributed by atoms with Gasteiger partial charge in [-0.1, -0.05) is 13.8 Å². The second kappa shape index (κ2) is 6.86. The third kappa shape index (κ3) is 7.74. The van der Waals surface area contributed by atoms with Crippen LogP contribution in [0.4, 0.5) is 0 Å². The van der Waals surface area contributed by atoms with E-state index < -0.39 is 0 Å². The molecule has 0 aliphatic rings. The molecular weight excluding hydrogens is 166 g/mol. The van der Waals surface area contributed by atoms with E-state index in [1.165, 1.54) is 0 Å². The summed E-state index contributed by atoms with van der Waals surface area (Å²) in [5, 5.41) is 2.85. The van der Waals surface area contributed by atoms with Gasteiger partial charge in [0.05, 0.1) is 6.54 Å². The molecule has 0 unspecified atom stereocenters. The highest BCUT2D eigenvalue weighted by atomic mass is 16.2. The molecule has 0 aliphatic carbocycles. The first kappa shape index (κ1) is 12.4. The van der Waals surface area contributed by atoms with Gasteiger partial charge < -0.3 is 11.1 Å². The lowest BCUT2D eigenvalue weighted by molar-refractivity contribution is -0.122. The number of carbonyl (C=O) groups is 1. The lowest BCUT2D eigenvalue weighted by Gasteiger charge is -2.15. The van der Waals surface area contributed by atoms with Crippen LogP contribution in [0.1, 0.15) is 13.8 Å². The van der Waals surface area contributed by atoms with Crippen LogP contribution in [0.25, 0.3) is 0 Å². The molecule has 0 aliphatic heterocycles. The third-order valence-electron chi connectivity index (χ3n) is 1.63. The van der Waals surface area contributed by atoms with Crippen LogP contribution < -0.4 is 11.1 Å². The molecule has 4 heteroatoms. The molecule has 0 spiro atoms. The van der Waals surface area contributed by atoms with Gasteiger partial charge in [-0.2, -0.15) is 0 Å². The van der Waals surface area contributed by atoms with Gasteiger partial charge in [-0.05, 0) is 13.0 Å². The first-order valence-corrected chi connectivity index (χ1v) is 4.71. The van der Waals surface area contributed by atoms with Gasteiger partial charge in [-0.15, -0.1) is 0 Å². The van der Waals surface area contributed by atoms with Crippen molar-refractivity contribution >= 4 is 5.91 Å². The zero-order valence-corrected chi connectivity index (χ0v) is 8.84. The van der Waals surface area contributed by atoms with Crippen molar-refractivity contribution < 1.29 is 4.79 Å². The van der Waals surface area contributed by atoms with Gasteiger partial charge >= 0.3 is 0 Å². The average molecular weight is 187 g/mol. The van der Waals surface area contributed by atoms with E-state index >= 15 is 0 Å². The van der Waals surface area contributed by atoms with Gasteiger partial charge in [-0.3, -0.25) is 9.69 Å². The first-order valence-electron chi connectivity index (χ1n) is 4.71. The smallest absolute Gasteiger partial charge is 0.234 e. The molecule has 0 heterocycles. The van der Waals surface area contributed by atoms with Gasteiger partial charge in [0.25, 0.3) is 0 Å². The van der Waals surface area contributed by atoms with Crippen LogP contribution in [-0.2, 0) is 4.79 Å². The number of likely N-dealkylation sites (N-methyl/N-ethyl adjacent to an activating group) is 1. The van der Waals surface area contributed by atoms with E-state index in [-0.39, 0.29) is 5.91 Å². The predicted molar refractivity (Wildman–Crippen MR) is 54.4 cm³/mol. The van der Waals surface area contributed by atoms with Crippen molar-refractivity contribution in [2.45, 2.75) is 13.8 Å². The third-order valence-corrected chi connectivity index (χ3v) is 1.63. The minimum absolute atomic E-state index is 0.0738. The van der Waals surface area contributed by atoms with E-state index in [1.54, 1.807) is 0 Å². The molecule has 13 heavy (non-hydrogen) atoms. The van der Waals surface area contributed by atoms with E-state index in [0.717, 1.165) is 13.1 Å². The Labute approximate surface area is 80.5 Å². The van der Waals surface area contributed by atoms with Crippen molar-refractivity contribution in [1.29, 1.82) is 0 Å². The van der Waals surface area contributed by atoms with Crippen LogP contribution in [0.2, 0.25) is 0 Å². The van der Waals surface area contributed by atoms with Crippen molar-refractivity contribution in [2.24, 2.45) is 11.7 Å². The van der Waals surface area contributed by atoms with E-state index in [4.69, 9.17) is 5.73 Å². The number of hydrogen-bond acceptors (Lipinski definition) is 3. The molecule has 0 aromatic carbocycles. The van der Waals surface area contributed by atoms with Gasteiger partial charge in [0.1, 0.15) is 0 Å². The fourth-order valence-corrected chi connectivity index (χ4v) is 0.918. The quantitative estimate of drug-likeness (QED) is 0.597. The van der Waals surface area contributed by atoms with Crippen LogP contribution >= 0.6 is 0 Å². The Balaban J connectivity index is 3.50. The molecule has 0 bridgehead atoms. The average Bonchev–Trinajstić information content (AvgIpc) is 2.01. The Morgan fingerprint density at radius 3 is 2.62 bits per heavy atom. The number of rotatable bonds is 6. The standard InChI is InChI=1S/C9H21N3O/c1-8(2)6-11-9(13)7-12(3)5-4-10/h8H,4-7,10H2,1-3H3,(H,11,13). The Morgan fingerprint density at radius 2 is 2.15 bits per heavy atom. The Morgan fingerprint density at radius 1 is 1.54 bits per heavy atom. The maximum Gasteiger partial charge on any atom is 0.234 e. The summed E-state index contributed by atoms with van der Waals surface area (Å²) in [5.74, 6) is 0.577. The fourth-order valence-electron chi connectivity index (χ4n) is 0.918. The van der Waals surface area contributed by atoms with Crippen molar-refractivity contribution in [3.8, 4) is 0 Å². The fraction of sp³-hybridized carbons (Fsp3) is 0.889. The molecule has 3 N–H and O–H groups in total. The molecule has 78 valence electrons. The lowest BCUT2D eigenvalue weighted by atomic mass is 10.2. The molecule has 0 fully saturated rings. The Bertz CT molecular complexity index is 148. The topological polar surface area (TPSA) is 58.4 Å². The van der Waals surface area contributed by atoms with Crippen molar-refractivity contribution in [2.75, 3.05) is 33.2 Å². The summed E-state index contributed by atoms with van der Waals surface area (Å²) in [6, 6.07) is 0. The molecular formula is C9H21N3O. The van der Waals surface area contributed by atoms with Gasteiger partial charge in [0.15, 0.2) is 0 Å². The van der Waals surface area contributed by atoms with Crippen molar-refractivity contribution in [3.05, 3.63) is 0 Å². The normalized spacial score (nSPS) is 10.9. The molecule has 0 aromatic rings. The highest BCUT2D eigenvalue weighted by Gasteiger charge is 2.05. The maximum absolute atomic E-state index is 11.2. The lowest BCUT2D eigenvalue weighted by Crippen LogP contribution is -2.38. The zero-order chi connectivity index (χ0) is 10.3. The minimum atomic E-state index is 0.0738. The molecule has 1 amide bonds. The molecule has 0 atom stereocenters. The number of hydrogen-bond donors (Lipinski definition) is 2. The molecule has 0 saturated carbocycles. The van der Waals surface area contributed by atoms with Crippen LogP contribution in [0.5, 0.6) is 0 Å².